The van der Waals surface area contributed by atoms with Crippen molar-refractivity contribution in [3.8, 4) is 5.75 Å². The SMILES string of the molecule is CCCCOc1ccc(C(=O)N[C@@H]2CCCc3ccccc32)cc1. The van der Waals surface area contributed by atoms with E-state index in [1.54, 1.807) is 0 Å². The highest BCUT2D eigenvalue weighted by Gasteiger charge is 2.21. The molecule has 1 aliphatic rings. The first kappa shape index (κ1) is 16.6. The van der Waals surface area contributed by atoms with Crippen LogP contribution in [0.5, 0.6) is 5.75 Å². The molecule has 0 saturated carbocycles. The van der Waals surface area contributed by atoms with Crippen molar-refractivity contribution in [2.75, 3.05) is 6.61 Å². The molecule has 0 radical (unpaired) electrons. The number of hydrogen-bond acceptors (Lipinski definition) is 2. The Morgan fingerprint density at radius 3 is 2.75 bits per heavy atom. The summed E-state index contributed by atoms with van der Waals surface area (Å²) in [5, 5.41) is 3.18. The Morgan fingerprint density at radius 1 is 1.17 bits per heavy atom. The van der Waals surface area contributed by atoms with Crippen molar-refractivity contribution in [1.29, 1.82) is 0 Å². The van der Waals surface area contributed by atoms with Crippen LogP contribution in [0.1, 0.15) is 60.1 Å². The Balaban J connectivity index is 1.63. The molecule has 2 aromatic carbocycles. The van der Waals surface area contributed by atoms with Crippen LogP contribution < -0.4 is 10.1 Å². The summed E-state index contributed by atoms with van der Waals surface area (Å²) in [6.45, 7) is 2.86. The molecule has 3 heteroatoms. The second kappa shape index (κ2) is 8.00. The van der Waals surface area contributed by atoms with Gasteiger partial charge in [0.15, 0.2) is 0 Å². The molecular weight excluding hydrogens is 298 g/mol. The number of amides is 1. The minimum atomic E-state index is -0.0168. The zero-order valence-corrected chi connectivity index (χ0v) is 14.3. The Hall–Kier alpha value is -2.29. The van der Waals surface area contributed by atoms with Gasteiger partial charge in [0.25, 0.3) is 5.91 Å². The average Bonchev–Trinajstić information content (AvgIpc) is 2.63. The highest BCUT2D eigenvalue weighted by molar-refractivity contribution is 5.94. The quantitative estimate of drug-likeness (QED) is 0.784. The van der Waals surface area contributed by atoms with E-state index in [1.807, 2.05) is 30.3 Å². The zero-order valence-electron chi connectivity index (χ0n) is 14.3. The van der Waals surface area contributed by atoms with Crippen molar-refractivity contribution < 1.29 is 9.53 Å². The molecule has 1 atom stereocenters. The van der Waals surface area contributed by atoms with Crippen molar-refractivity contribution in [1.82, 2.24) is 5.32 Å². The van der Waals surface area contributed by atoms with Crippen LogP contribution in [-0.4, -0.2) is 12.5 Å². The molecule has 3 rings (SSSR count). The molecule has 1 amide bonds. The molecule has 0 bridgehead atoms. The van der Waals surface area contributed by atoms with Crippen LogP contribution in [-0.2, 0) is 6.42 Å². The molecule has 24 heavy (non-hydrogen) atoms. The van der Waals surface area contributed by atoms with Gasteiger partial charge < -0.3 is 10.1 Å². The Morgan fingerprint density at radius 2 is 1.96 bits per heavy atom. The maximum atomic E-state index is 12.5. The third-order valence-electron chi connectivity index (χ3n) is 4.56. The van der Waals surface area contributed by atoms with Crippen LogP contribution in [0.2, 0.25) is 0 Å². The van der Waals surface area contributed by atoms with Crippen LogP contribution in [0.25, 0.3) is 0 Å². The van der Waals surface area contributed by atoms with Gasteiger partial charge in [-0.25, -0.2) is 0 Å². The second-order valence-corrected chi connectivity index (χ2v) is 6.34. The molecule has 0 aromatic heterocycles. The lowest BCUT2D eigenvalue weighted by Crippen LogP contribution is -2.30. The van der Waals surface area contributed by atoms with Gasteiger partial charge in [-0.05, 0) is 61.1 Å². The third-order valence-corrected chi connectivity index (χ3v) is 4.56. The van der Waals surface area contributed by atoms with E-state index >= 15 is 0 Å². The second-order valence-electron chi connectivity index (χ2n) is 6.34. The maximum absolute atomic E-state index is 12.5. The van der Waals surface area contributed by atoms with E-state index < -0.39 is 0 Å². The van der Waals surface area contributed by atoms with Gasteiger partial charge in [0.05, 0.1) is 12.6 Å². The molecule has 2 aromatic rings. The van der Waals surface area contributed by atoms with E-state index in [2.05, 4.69) is 30.4 Å². The summed E-state index contributed by atoms with van der Waals surface area (Å²) in [6, 6.07) is 15.9. The van der Waals surface area contributed by atoms with Gasteiger partial charge >= 0.3 is 0 Å². The molecule has 0 spiro atoms. The summed E-state index contributed by atoms with van der Waals surface area (Å²) >= 11 is 0. The Bertz CT molecular complexity index is 678. The fourth-order valence-electron chi connectivity index (χ4n) is 3.18. The number of aryl methyl sites for hydroxylation is 1. The molecule has 0 saturated heterocycles. The van der Waals surface area contributed by atoms with Gasteiger partial charge in [0.1, 0.15) is 5.75 Å². The summed E-state index contributed by atoms with van der Waals surface area (Å²) in [5.41, 5.74) is 3.30. The summed E-state index contributed by atoms with van der Waals surface area (Å²) in [4.78, 5) is 12.5. The lowest BCUT2D eigenvalue weighted by atomic mass is 9.87. The monoisotopic (exact) mass is 323 g/mol. The van der Waals surface area contributed by atoms with Gasteiger partial charge in [-0.3, -0.25) is 4.79 Å². The normalized spacial score (nSPS) is 16.3. The van der Waals surface area contributed by atoms with Crippen molar-refractivity contribution in [2.45, 2.75) is 45.1 Å². The standard InChI is InChI=1S/C21H25NO2/c1-2-3-15-24-18-13-11-17(12-14-18)21(23)22-20-10-6-8-16-7-4-5-9-19(16)20/h4-5,7,9,11-14,20H,2-3,6,8,10,15H2,1H3,(H,22,23)/t20-/m1/s1. The first-order chi connectivity index (χ1) is 11.8. The van der Waals surface area contributed by atoms with E-state index in [4.69, 9.17) is 4.74 Å². The minimum Gasteiger partial charge on any atom is -0.494 e. The average molecular weight is 323 g/mol. The fraction of sp³-hybridized carbons (Fsp3) is 0.381. The van der Waals surface area contributed by atoms with Gasteiger partial charge in [-0.15, -0.1) is 0 Å². The lowest BCUT2D eigenvalue weighted by molar-refractivity contribution is 0.0932. The van der Waals surface area contributed by atoms with Crippen molar-refractivity contribution in [3.05, 3.63) is 65.2 Å². The molecule has 1 aliphatic carbocycles. The predicted octanol–water partition coefficient (Wildman–Crippen LogP) is 4.67. The number of unbranched alkanes of at least 4 members (excludes halogenated alkanes) is 1. The van der Waals surface area contributed by atoms with Crippen LogP contribution >= 0.6 is 0 Å². The number of nitrogens with one attached hydrogen (secondary N) is 1. The number of rotatable bonds is 6. The summed E-state index contributed by atoms with van der Waals surface area (Å²) < 4.78 is 5.65. The third kappa shape index (κ3) is 3.97. The highest BCUT2D eigenvalue weighted by atomic mass is 16.5. The van der Waals surface area contributed by atoms with Gasteiger partial charge in [0.2, 0.25) is 0 Å². The molecule has 3 nitrogen and oxygen atoms in total. The highest BCUT2D eigenvalue weighted by Crippen LogP contribution is 2.29. The summed E-state index contributed by atoms with van der Waals surface area (Å²) in [5.74, 6) is 0.805. The number of hydrogen-bond donors (Lipinski definition) is 1. The van der Waals surface area contributed by atoms with Crippen LogP contribution in [0, 0.1) is 0 Å². The number of benzene rings is 2. The van der Waals surface area contributed by atoms with E-state index in [0.29, 0.717) is 5.56 Å². The molecule has 126 valence electrons. The van der Waals surface area contributed by atoms with Gasteiger partial charge in [-0.1, -0.05) is 37.6 Å². The van der Waals surface area contributed by atoms with Gasteiger partial charge in [-0.2, -0.15) is 0 Å². The maximum Gasteiger partial charge on any atom is 0.251 e. The predicted molar refractivity (Wildman–Crippen MR) is 96.4 cm³/mol. The molecule has 0 unspecified atom stereocenters. The van der Waals surface area contributed by atoms with E-state index in [-0.39, 0.29) is 11.9 Å². The molecule has 0 aliphatic heterocycles. The number of fused-ring (bicyclic) bond motifs is 1. The molecule has 1 N–H and O–H groups in total. The number of carbonyl (C=O) groups excluding carboxylic acids is 1. The smallest absolute Gasteiger partial charge is 0.251 e. The Labute approximate surface area is 144 Å². The first-order valence-electron chi connectivity index (χ1n) is 8.89. The lowest BCUT2D eigenvalue weighted by Gasteiger charge is -2.26. The van der Waals surface area contributed by atoms with E-state index in [9.17, 15) is 4.79 Å². The summed E-state index contributed by atoms with van der Waals surface area (Å²) in [7, 11) is 0. The largest absolute Gasteiger partial charge is 0.494 e. The van der Waals surface area contributed by atoms with Crippen molar-refractivity contribution in [2.24, 2.45) is 0 Å². The number of ether oxygens (including phenoxy) is 1. The van der Waals surface area contributed by atoms with Crippen molar-refractivity contribution in [3.63, 3.8) is 0 Å². The molecule has 0 heterocycles. The van der Waals surface area contributed by atoms with E-state index in [0.717, 1.165) is 44.5 Å². The van der Waals surface area contributed by atoms with Crippen LogP contribution in [0.4, 0.5) is 0 Å². The van der Waals surface area contributed by atoms with E-state index in [1.165, 1.54) is 11.1 Å². The Kier molecular flexibility index (Phi) is 5.52. The summed E-state index contributed by atoms with van der Waals surface area (Å²) in [6.07, 6.45) is 5.38. The zero-order chi connectivity index (χ0) is 16.8. The van der Waals surface area contributed by atoms with Gasteiger partial charge in [0, 0.05) is 5.56 Å². The van der Waals surface area contributed by atoms with Crippen molar-refractivity contribution >= 4 is 5.91 Å². The fourth-order valence-corrected chi connectivity index (χ4v) is 3.18. The minimum absolute atomic E-state index is 0.0168. The van der Waals surface area contributed by atoms with Crippen LogP contribution in [0.15, 0.2) is 48.5 Å². The van der Waals surface area contributed by atoms with Crippen LogP contribution in [0.3, 0.4) is 0 Å². The first-order valence-corrected chi connectivity index (χ1v) is 8.89. The molecule has 0 fully saturated rings. The number of carbonyl (C=O) groups is 1. The topological polar surface area (TPSA) is 38.3 Å². The molecular formula is C21H25NO2.